The Kier molecular flexibility index (Phi) is 9.20. The fraction of sp³-hybridized carbons (Fsp3) is 0.647. The van der Waals surface area contributed by atoms with Crippen molar-refractivity contribution in [3.63, 3.8) is 0 Å². The molecule has 23 heavy (non-hydrogen) atoms. The highest BCUT2D eigenvalue weighted by atomic mass is 35.5. The zero-order chi connectivity index (χ0) is 14.7. The van der Waals surface area contributed by atoms with Gasteiger partial charge in [0, 0.05) is 50.5 Å². The van der Waals surface area contributed by atoms with Gasteiger partial charge in [0.25, 0.3) is 0 Å². The molecule has 0 spiro atoms. The average molecular weight is 382 g/mol. The van der Waals surface area contributed by atoms with Gasteiger partial charge in [-0.3, -0.25) is 4.90 Å². The van der Waals surface area contributed by atoms with Crippen molar-refractivity contribution in [1.82, 2.24) is 10.2 Å². The SMILES string of the molecule is Cc1ccc([C@@H](C2CCOCC2)N2CCNCC2)cc1Cl.Cl.Cl. The largest absolute Gasteiger partial charge is 0.381 e. The molecule has 3 rings (SSSR count). The molecule has 1 atom stereocenters. The molecule has 1 aromatic carbocycles. The smallest absolute Gasteiger partial charge is 0.0469 e. The summed E-state index contributed by atoms with van der Waals surface area (Å²) in [5.41, 5.74) is 2.53. The maximum absolute atomic E-state index is 6.38. The minimum Gasteiger partial charge on any atom is -0.381 e. The Hall–Kier alpha value is -0.0300. The van der Waals surface area contributed by atoms with E-state index < -0.39 is 0 Å². The van der Waals surface area contributed by atoms with Crippen molar-refractivity contribution in [3.05, 3.63) is 34.3 Å². The molecule has 6 heteroatoms. The second-order valence-corrected chi connectivity index (χ2v) is 6.60. The lowest BCUT2D eigenvalue weighted by molar-refractivity contribution is 0.0213. The Balaban J connectivity index is 0.00000132. The minimum absolute atomic E-state index is 0. The highest BCUT2D eigenvalue weighted by Gasteiger charge is 2.31. The average Bonchev–Trinajstić information content (AvgIpc) is 2.53. The molecule has 0 amide bonds. The van der Waals surface area contributed by atoms with Gasteiger partial charge in [-0.25, -0.2) is 0 Å². The predicted molar refractivity (Wildman–Crippen MR) is 101 cm³/mol. The van der Waals surface area contributed by atoms with Gasteiger partial charge in [-0.05, 0) is 42.9 Å². The van der Waals surface area contributed by atoms with Gasteiger partial charge in [0.15, 0.2) is 0 Å². The number of aryl methyl sites for hydroxylation is 1. The maximum Gasteiger partial charge on any atom is 0.0469 e. The molecule has 2 saturated heterocycles. The lowest BCUT2D eigenvalue weighted by Gasteiger charge is -2.41. The zero-order valence-corrected chi connectivity index (χ0v) is 16.0. The van der Waals surface area contributed by atoms with Crippen molar-refractivity contribution in [2.75, 3.05) is 39.4 Å². The summed E-state index contributed by atoms with van der Waals surface area (Å²) < 4.78 is 5.56. The number of rotatable bonds is 3. The molecular formula is C17H27Cl3N2O. The summed E-state index contributed by atoms with van der Waals surface area (Å²) in [6.07, 6.45) is 2.31. The summed E-state index contributed by atoms with van der Waals surface area (Å²) in [6, 6.07) is 7.09. The summed E-state index contributed by atoms with van der Waals surface area (Å²) in [5.74, 6) is 0.677. The fourth-order valence-electron chi connectivity index (χ4n) is 3.57. The van der Waals surface area contributed by atoms with Crippen molar-refractivity contribution in [1.29, 1.82) is 0 Å². The van der Waals surface area contributed by atoms with Crippen LogP contribution in [0.15, 0.2) is 18.2 Å². The van der Waals surface area contributed by atoms with Gasteiger partial charge in [-0.15, -0.1) is 24.8 Å². The van der Waals surface area contributed by atoms with E-state index in [2.05, 4.69) is 35.3 Å². The number of ether oxygens (including phenoxy) is 1. The number of nitrogens with zero attached hydrogens (tertiary/aromatic N) is 1. The van der Waals surface area contributed by atoms with Crippen LogP contribution in [0.1, 0.15) is 30.0 Å². The molecule has 2 aliphatic heterocycles. The summed E-state index contributed by atoms with van der Waals surface area (Å²) >= 11 is 6.38. The molecule has 2 heterocycles. The molecular weight excluding hydrogens is 355 g/mol. The van der Waals surface area contributed by atoms with Gasteiger partial charge in [0.1, 0.15) is 0 Å². The highest BCUT2D eigenvalue weighted by Crippen LogP contribution is 2.36. The van der Waals surface area contributed by atoms with Crippen LogP contribution in [-0.2, 0) is 4.74 Å². The Morgan fingerprint density at radius 1 is 1.17 bits per heavy atom. The Labute approximate surface area is 156 Å². The van der Waals surface area contributed by atoms with E-state index in [-0.39, 0.29) is 24.8 Å². The van der Waals surface area contributed by atoms with Crippen LogP contribution in [0.5, 0.6) is 0 Å². The Morgan fingerprint density at radius 2 is 1.83 bits per heavy atom. The van der Waals surface area contributed by atoms with Crippen LogP contribution in [0.4, 0.5) is 0 Å². The van der Waals surface area contributed by atoms with Gasteiger partial charge in [-0.2, -0.15) is 0 Å². The molecule has 132 valence electrons. The Bertz CT molecular complexity index is 457. The maximum atomic E-state index is 6.38. The molecule has 0 aromatic heterocycles. The van der Waals surface area contributed by atoms with E-state index in [4.69, 9.17) is 16.3 Å². The van der Waals surface area contributed by atoms with E-state index in [1.54, 1.807) is 0 Å². The second kappa shape index (κ2) is 10.1. The number of hydrogen-bond acceptors (Lipinski definition) is 3. The van der Waals surface area contributed by atoms with E-state index in [0.29, 0.717) is 12.0 Å². The third-order valence-corrected chi connectivity index (χ3v) is 5.20. The molecule has 0 radical (unpaired) electrons. The highest BCUT2D eigenvalue weighted by molar-refractivity contribution is 6.31. The third kappa shape index (κ3) is 5.22. The lowest BCUT2D eigenvalue weighted by Crippen LogP contribution is -2.47. The van der Waals surface area contributed by atoms with E-state index in [9.17, 15) is 0 Å². The summed E-state index contributed by atoms with van der Waals surface area (Å²) in [5, 5.41) is 4.34. The van der Waals surface area contributed by atoms with Crippen LogP contribution >= 0.6 is 36.4 Å². The van der Waals surface area contributed by atoms with Crippen molar-refractivity contribution < 1.29 is 4.74 Å². The first-order chi connectivity index (χ1) is 10.3. The van der Waals surface area contributed by atoms with E-state index in [0.717, 1.165) is 62.8 Å². The first-order valence-corrected chi connectivity index (χ1v) is 8.42. The standard InChI is InChI=1S/C17H25ClN2O.2ClH/c1-13-2-3-15(12-16(13)18)17(14-4-10-21-11-5-14)20-8-6-19-7-9-20;;/h2-3,12,14,17,19H,4-11H2,1H3;2*1H/t17-;;/m1../s1. The van der Waals surface area contributed by atoms with Gasteiger partial charge >= 0.3 is 0 Å². The quantitative estimate of drug-likeness (QED) is 0.860. The lowest BCUT2D eigenvalue weighted by atomic mass is 9.85. The molecule has 1 N–H and O–H groups in total. The van der Waals surface area contributed by atoms with Crippen LogP contribution < -0.4 is 5.32 Å². The number of hydrogen-bond donors (Lipinski definition) is 1. The van der Waals surface area contributed by atoms with Gasteiger partial charge in [0.05, 0.1) is 0 Å². The fourth-order valence-corrected chi connectivity index (χ4v) is 3.76. The van der Waals surface area contributed by atoms with Crippen LogP contribution in [0.2, 0.25) is 5.02 Å². The minimum atomic E-state index is 0. The molecule has 0 saturated carbocycles. The topological polar surface area (TPSA) is 24.5 Å². The number of benzene rings is 1. The molecule has 3 nitrogen and oxygen atoms in total. The molecule has 0 bridgehead atoms. The number of piperazine rings is 1. The van der Waals surface area contributed by atoms with Crippen molar-refractivity contribution in [2.24, 2.45) is 5.92 Å². The van der Waals surface area contributed by atoms with Gasteiger partial charge < -0.3 is 10.1 Å². The van der Waals surface area contributed by atoms with Crippen molar-refractivity contribution in [2.45, 2.75) is 25.8 Å². The zero-order valence-electron chi connectivity index (χ0n) is 13.6. The van der Waals surface area contributed by atoms with Gasteiger partial charge in [-0.1, -0.05) is 23.7 Å². The predicted octanol–water partition coefficient (Wildman–Crippen LogP) is 3.86. The normalized spacial score (nSPS) is 21.1. The Morgan fingerprint density at radius 3 is 2.43 bits per heavy atom. The van der Waals surface area contributed by atoms with Crippen molar-refractivity contribution >= 4 is 36.4 Å². The van der Waals surface area contributed by atoms with E-state index >= 15 is 0 Å². The molecule has 0 unspecified atom stereocenters. The molecule has 2 fully saturated rings. The molecule has 0 aliphatic carbocycles. The summed E-state index contributed by atoms with van der Waals surface area (Å²) in [4.78, 5) is 2.63. The van der Waals surface area contributed by atoms with Crippen molar-refractivity contribution in [3.8, 4) is 0 Å². The van der Waals surface area contributed by atoms with Gasteiger partial charge in [0.2, 0.25) is 0 Å². The molecule has 2 aliphatic rings. The number of nitrogens with one attached hydrogen (secondary N) is 1. The van der Waals surface area contributed by atoms with Crippen LogP contribution in [0.3, 0.4) is 0 Å². The van der Waals surface area contributed by atoms with Crippen LogP contribution in [0.25, 0.3) is 0 Å². The first kappa shape index (κ1) is 21.0. The number of halogens is 3. The van der Waals surface area contributed by atoms with E-state index in [1.807, 2.05) is 0 Å². The third-order valence-electron chi connectivity index (χ3n) is 4.79. The second-order valence-electron chi connectivity index (χ2n) is 6.19. The summed E-state index contributed by atoms with van der Waals surface area (Å²) in [6.45, 7) is 8.26. The van der Waals surface area contributed by atoms with Crippen LogP contribution in [0, 0.1) is 12.8 Å². The molecule has 1 aromatic rings. The van der Waals surface area contributed by atoms with Crippen LogP contribution in [-0.4, -0.2) is 44.3 Å². The van der Waals surface area contributed by atoms with E-state index in [1.165, 1.54) is 5.56 Å². The monoisotopic (exact) mass is 380 g/mol. The first-order valence-electron chi connectivity index (χ1n) is 8.04. The summed E-state index contributed by atoms with van der Waals surface area (Å²) in [7, 11) is 0.